The summed E-state index contributed by atoms with van der Waals surface area (Å²) in [5.74, 6) is 0. The first kappa shape index (κ1) is 29.3. The molecule has 15 heavy (non-hydrogen) atoms. The monoisotopic (exact) mass is 300 g/mol. The molecule has 86 valence electrons. The zero-order valence-corrected chi connectivity index (χ0v) is 9.77. The van der Waals surface area contributed by atoms with Crippen molar-refractivity contribution in [2.24, 2.45) is 0 Å². The molecule has 0 heterocycles. The summed E-state index contributed by atoms with van der Waals surface area (Å²) >= 11 is 1.50. The Balaban J connectivity index is -0.0000000289. The minimum atomic E-state index is -2.08. The van der Waals surface area contributed by atoms with Crippen molar-refractivity contribution in [3.8, 4) is 0 Å². The third-order valence-electron chi connectivity index (χ3n) is 0. The van der Waals surface area contributed by atoms with E-state index in [9.17, 15) is 0 Å². The Hall–Kier alpha value is -0.551. The van der Waals surface area contributed by atoms with Gasteiger partial charge in [-0.25, -0.2) is 10.5 Å². The zero-order chi connectivity index (χ0) is 13.9. The summed E-state index contributed by atoms with van der Waals surface area (Å²) in [5, 5.41) is 46.1. The van der Waals surface area contributed by atoms with Crippen molar-refractivity contribution in [2.75, 3.05) is 0 Å². The number of carboxylic acid groups (broad SMARTS) is 4. The van der Waals surface area contributed by atoms with Crippen LogP contribution in [0.15, 0.2) is 0 Å². The van der Waals surface area contributed by atoms with Gasteiger partial charge in [-0.3, -0.25) is 0 Å². The van der Waals surface area contributed by atoms with Crippen molar-refractivity contribution < 1.29 is 93.0 Å². The molecule has 0 unspecified atom stereocenters. The SMILES string of the molecule is O=C([O-])O.O=C([O-])O.OOO.[O]=[Ti+].[O]=[Ti+]. The first-order valence-corrected chi connectivity index (χ1v) is 3.31. The van der Waals surface area contributed by atoms with Gasteiger partial charge < -0.3 is 30.0 Å². The Morgan fingerprint density at radius 2 is 0.867 bits per heavy atom. The van der Waals surface area contributed by atoms with Gasteiger partial charge in [-0.05, 0) is 0 Å². The third kappa shape index (κ3) is 5800. The fourth-order valence-electron chi connectivity index (χ4n) is 0. The van der Waals surface area contributed by atoms with E-state index in [-0.39, 0.29) is 0 Å². The molecular weight excluding hydrogens is 296 g/mol. The number of hydrogen-bond acceptors (Lipinski definition) is 9. The van der Waals surface area contributed by atoms with Crippen LogP contribution in [0.1, 0.15) is 0 Å². The molecule has 0 aliphatic heterocycles. The molecule has 0 saturated carbocycles. The van der Waals surface area contributed by atoms with Crippen molar-refractivity contribution in [3.05, 3.63) is 0 Å². The molecule has 0 aliphatic carbocycles. The second-order valence-electron chi connectivity index (χ2n) is 0.613. The van der Waals surface area contributed by atoms with Crippen LogP contribution in [0.2, 0.25) is 0 Å². The first-order chi connectivity index (χ1) is 6.88. The Kier molecular flexibility index (Phi) is 97.8. The molecule has 11 nitrogen and oxygen atoms in total. The fourth-order valence-corrected chi connectivity index (χ4v) is 0. The van der Waals surface area contributed by atoms with Crippen LogP contribution in [0.3, 0.4) is 0 Å². The summed E-state index contributed by atoms with van der Waals surface area (Å²) < 4.78 is 16.5. The number of carbonyl (C=O) groups is 2. The Bertz CT molecular complexity index is 104. The molecule has 4 N–H and O–H groups in total. The van der Waals surface area contributed by atoms with E-state index in [4.69, 9.17) is 47.2 Å². The van der Waals surface area contributed by atoms with Crippen LogP contribution in [0.5, 0.6) is 0 Å². The first-order valence-electron chi connectivity index (χ1n) is 2.04. The van der Waals surface area contributed by atoms with Gasteiger partial charge in [0.2, 0.25) is 12.3 Å². The summed E-state index contributed by atoms with van der Waals surface area (Å²) in [5.41, 5.74) is 0. The van der Waals surface area contributed by atoms with Gasteiger partial charge in [0.15, 0.2) is 0 Å². The number of hydrogen-bond donors (Lipinski definition) is 4. The van der Waals surface area contributed by atoms with E-state index in [1.165, 1.54) is 0 Å². The summed E-state index contributed by atoms with van der Waals surface area (Å²) in [6.45, 7) is 0. The summed E-state index contributed by atoms with van der Waals surface area (Å²) in [6.07, 6.45) is -4.17. The van der Waals surface area contributed by atoms with E-state index >= 15 is 0 Å². The van der Waals surface area contributed by atoms with E-state index in [1.54, 1.807) is 0 Å². The molecule has 0 aromatic heterocycles. The van der Waals surface area contributed by atoms with Crippen LogP contribution >= 0.6 is 0 Å². The molecule has 0 aromatic rings. The van der Waals surface area contributed by atoms with Crippen molar-refractivity contribution in [3.63, 3.8) is 0 Å². The van der Waals surface area contributed by atoms with Gasteiger partial charge >= 0.3 is 47.5 Å². The molecular formula is C2H4O11Ti2. The molecule has 0 spiro atoms. The van der Waals surface area contributed by atoms with Crippen LogP contribution in [-0.4, -0.2) is 33.0 Å². The molecule has 13 heteroatoms. The van der Waals surface area contributed by atoms with Crippen LogP contribution in [-0.2, 0) is 52.5 Å². The molecule has 0 bridgehead atoms. The molecule has 0 rings (SSSR count). The summed E-state index contributed by atoms with van der Waals surface area (Å²) in [6, 6.07) is 0. The average Bonchev–Trinajstić information content (AvgIpc) is 2.09. The van der Waals surface area contributed by atoms with Crippen LogP contribution in [0.4, 0.5) is 9.59 Å². The molecule has 0 radical (unpaired) electrons. The van der Waals surface area contributed by atoms with Crippen molar-refractivity contribution in [1.29, 1.82) is 0 Å². The van der Waals surface area contributed by atoms with E-state index in [0.717, 1.165) is 40.8 Å². The Morgan fingerprint density at radius 3 is 0.867 bits per heavy atom. The fraction of sp³-hybridized carbons (Fsp3) is 0. The van der Waals surface area contributed by atoms with Crippen LogP contribution in [0.25, 0.3) is 0 Å². The molecule has 0 aliphatic rings. The van der Waals surface area contributed by atoms with E-state index in [0.29, 0.717) is 0 Å². The predicted octanol–water partition coefficient (Wildman–Crippen LogP) is -2.52. The quantitative estimate of drug-likeness (QED) is 0.208. The Morgan fingerprint density at radius 1 is 0.867 bits per heavy atom. The molecule has 0 amide bonds. The average molecular weight is 300 g/mol. The topological polar surface area (TPSA) is 205 Å². The number of rotatable bonds is 0. The predicted molar refractivity (Wildman–Crippen MR) is 23.8 cm³/mol. The second-order valence-corrected chi connectivity index (χ2v) is 0.613. The molecule has 0 saturated heterocycles. The molecule has 0 atom stereocenters. The van der Waals surface area contributed by atoms with Crippen LogP contribution < -0.4 is 10.2 Å². The van der Waals surface area contributed by atoms with Crippen molar-refractivity contribution in [2.45, 2.75) is 0 Å². The zero-order valence-electron chi connectivity index (χ0n) is 6.65. The van der Waals surface area contributed by atoms with E-state index in [2.05, 4.69) is 5.04 Å². The third-order valence-corrected chi connectivity index (χ3v) is 0. The van der Waals surface area contributed by atoms with Gasteiger partial charge in [0.25, 0.3) is 0 Å². The van der Waals surface area contributed by atoms with Gasteiger partial charge in [0.1, 0.15) is 0 Å². The van der Waals surface area contributed by atoms with Gasteiger partial charge in [-0.15, -0.1) is 0 Å². The van der Waals surface area contributed by atoms with Gasteiger partial charge in [0, 0.05) is 0 Å². The standard InChI is InChI=1S/2CH2O3.H2O3.2O.2Ti/c2*2-1(3)4;1-3-2;;;;/h2*(H2,2,3,4);1-2H;;;;/q;;;;;2*+1/p-2. The normalized spacial score (nSPS) is 5.20. The second kappa shape index (κ2) is 50.1. The van der Waals surface area contributed by atoms with Crippen LogP contribution in [0, 0.1) is 0 Å². The van der Waals surface area contributed by atoms with E-state index < -0.39 is 12.3 Å². The maximum atomic E-state index is 8.44. The van der Waals surface area contributed by atoms with Crippen molar-refractivity contribution >= 4 is 12.3 Å². The van der Waals surface area contributed by atoms with E-state index in [1.807, 2.05) is 0 Å². The van der Waals surface area contributed by atoms with Gasteiger partial charge in [-0.1, -0.05) is 5.04 Å². The van der Waals surface area contributed by atoms with Gasteiger partial charge in [-0.2, -0.15) is 0 Å². The molecule has 0 aromatic carbocycles. The maximum absolute atomic E-state index is 8.44. The minimum absolute atomic E-state index is 0.750. The molecule has 0 fully saturated rings. The summed E-state index contributed by atoms with van der Waals surface area (Å²) in [4.78, 5) is 16.9. The Labute approximate surface area is 105 Å². The summed E-state index contributed by atoms with van der Waals surface area (Å²) in [7, 11) is 0. The van der Waals surface area contributed by atoms with Gasteiger partial charge in [0.05, 0.1) is 0 Å². The van der Waals surface area contributed by atoms with Crippen molar-refractivity contribution in [1.82, 2.24) is 0 Å².